The molecule has 0 aromatic heterocycles. The third kappa shape index (κ3) is 9.02. The van der Waals surface area contributed by atoms with Gasteiger partial charge in [-0.05, 0) is 50.0 Å². The van der Waals surface area contributed by atoms with E-state index in [2.05, 4.69) is 10.6 Å². The topological polar surface area (TPSA) is 83.1 Å². The van der Waals surface area contributed by atoms with E-state index in [0.717, 1.165) is 5.56 Å². The molecule has 168 valence electrons. The Labute approximate surface area is 181 Å². The van der Waals surface area contributed by atoms with Crippen molar-refractivity contribution in [1.82, 2.24) is 9.80 Å². The number of likely N-dealkylation sites (N-methyl/N-ethyl adjacent to an activating group) is 1. The minimum Gasteiger partial charge on any atom is -0.447 e. The van der Waals surface area contributed by atoms with E-state index in [-0.39, 0.29) is 18.5 Å². The van der Waals surface area contributed by atoms with E-state index in [4.69, 9.17) is 9.47 Å². The van der Waals surface area contributed by atoms with Gasteiger partial charge in [0.25, 0.3) is 0 Å². The summed E-state index contributed by atoms with van der Waals surface area (Å²) in [6.07, 6.45) is -0.607. The summed E-state index contributed by atoms with van der Waals surface area (Å²) in [5, 5.41) is 5.45. The number of halogens is 1. The molecule has 8 nitrogen and oxygen atoms in total. The van der Waals surface area contributed by atoms with Crippen LogP contribution in [0.3, 0.4) is 0 Å². The number of nitrogens with one attached hydrogen (secondary N) is 2. The number of hydrogen-bond acceptors (Lipinski definition) is 5. The first kappa shape index (κ1) is 24.1. The largest absolute Gasteiger partial charge is 0.447 e. The first-order valence-corrected chi connectivity index (χ1v) is 9.85. The van der Waals surface area contributed by atoms with Crippen molar-refractivity contribution in [2.75, 3.05) is 58.1 Å². The van der Waals surface area contributed by atoms with Crippen LogP contribution in [0.5, 0.6) is 0 Å². The number of nitrogens with zero attached hydrogens (tertiary/aromatic N) is 2. The molecule has 0 saturated carbocycles. The Morgan fingerprint density at radius 1 is 0.968 bits per heavy atom. The smallest absolute Gasteiger partial charge is 0.411 e. The van der Waals surface area contributed by atoms with E-state index in [0.29, 0.717) is 37.6 Å². The third-order valence-corrected chi connectivity index (χ3v) is 4.27. The first-order chi connectivity index (χ1) is 14.9. The molecule has 0 aliphatic carbocycles. The fourth-order valence-electron chi connectivity index (χ4n) is 2.63. The van der Waals surface area contributed by atoms with Crippen LogP contribution in [0.15, 0.2) is 48.5 Å². The standard InChI is InChI=1S/C22H29FN4O4/c1-26(2)11-12-27(16-17-7-9-18(23)10-8-17)21(28)24-19-5-4-6-20(15-19)25-22(29)31-14-13-30-3/h4-10,15H,11-14,16H2,1-3H3,(H,24,28)(H,25,29). The molecule has 0 spiro atoms. The van der Waals surface area contributed by atoms with Crippen molar-refractivity contribution in [3.63, 3.8) is 0 Å². The average molecular weight is 432 g/mol. The molecule has 0 aliphatic heterocycles. The van der Waals surface area contributed by atoms with Crippen LogP contribution in [0.1, 0.15) is 5.56 Å². The molecule has 2 N–H and O–H groups in total. The van der Waals surface area contributed by atoms with Crippen molar-refractivity contribution < 1.29 is 23.5 Å². The third-order valence-electron chi connectivity index (χ3n) is 4.27. The minimum absolute atomic E-state index is 0.142. The predicted octanol–water partition coefficient (Wildman–Crippen LogP) is 3.62. The second-order valence-corrected chi connectivity index (χ2v) is 7.12. The minimum atomic E-state index is -0.607. The summed E-state index contributed by atoms with van der Waals surface area (Å²) in [7, 11) is 5.37. The molecule has 0 aliphatic rings. The Kier molecular flexibility index (Phi) is 9.73. The van der Waals surface area contributed by atoms with Gasteiger partial charge in [-0.2, -0.15) is 0 Å². The maximum Gasteiger partial charge on any atom is 0.411 e. The summed E-state index contributed by atoms with van der Waals surface area (Å²) in [4.78, 5) is 28.3. The Hall–Kier alpha value is -3.17. The Bertz CT molecular complexity index is 846. The molecule has 31 heavy (non-hydrogen) atoms. The molecular formula is C22H29FN4O4. The van der Waals surface area contributed by atoms with Gasteiger partial charge in [0, 0.05) is 38.1 Å². The van der Waals surface area contributed by atoms with Gasteiger partial charge in [0.1, 0.15) is 12.4 Å². The quantitative estimate of drug-likeness (QED) is 0.561. The van der Waals surface area contributed by atoms with Crippen LogP contribution < -0.4 is 10.6 Å². The normalized spacial score (nSPS) is 10.6. The van der Waals surface area contributed by atoms with Gasteiger partial charge < -0.3 is 24.6 Å². The number of carbonyl (C=O) groups excluding carboxylic acids is 2. The highest BCUT2D eigenvalue weighted by molar-refractivity contribution is 5.91. The van der Waals surface area contributed by atoms with E-state index in [9.17, 15) is 14.0 Å². The second-order valence-electron chi connectivity index (χ2n) is 7.12. The number of methoxy groups -OCH3 is 1. The molecule has 2 aromatic rings. The molecule has 0 saturated heterocycles. The second kappa shape index (κ2) is 12.5. The zero-order valence-electron chi connectivity index (χ0n) is 18.1. The van der Waals surface area contributed by atoms with Gasteiger partial charge in [0.15, 0.2) is 0 Å². The molecule has 0 unspecified atom stereocenters. The molecule has 0 atom stereocenters. The Morgan fingerprint density at radius 2 is 1.65 bits per heavy atom. The molecule has 2 rings (SSSR count). The molecular weight excluding hydrogens is 403 g/mol. The molecule has 3 amide bonds. The summed E-state index contributed by atoms with van der Waals surface area (Å²) in [6, 6.07) is 12.5. The lowest BCUT2D eigenvalue weighted by molar-refractivity contribution is 0.107. The lowest BCUT2D eigenvalue weighted by Crippen LogP contribution is -2.39. The maximum atomic E-state index is 13.2. The fraction of sp³-hybridized carbons (Fsp3) is 0.364. The number of benzene rings is 2. The predicted molar refractivity (Wildman–Crippen MR) is 118 cm³/mol. The van der Waals surface area contributed by atoms with Gasteiger partial charge in [0.05, 0.1) is 6.61 Å². The van der Waals surface area contributed by atoms with E-state index in [1.165, 1.54) is 19.2 Å². The van der Waals surface area contributed by atoms with E-state index in [1.807, 2.05) is 19.0 Å². The van der Waals surface area contributed by atoms with Crippen molar-refractivity contribution in [3.8, 4) is 0 Å². The first-order valence-electron chi connectivity index (χ1n) is 9.85. The summed E-state index contributed by atoms with van der Waals surface area (Å²) in [5.74, 6) is -0.321. The van der Waals surface area contributed by atoms with Crippen LogP contribution in [0.4, 0.5) is 25.4 Å². The summed E-state index contributed by atoms with van der Waals surface area (Å²) < 4.78 is 23.0. The Balaban J connectivity index is 2.02. The van der Waals surface area contributed by atoms with Gasteiger partial charge in [-0.25, -0.2) is 14.0 Å². The van der Waals surface area contributed by atoms with Gasteiger partial charge in [-0.3, -0.25) is 5.32 Å². The van der Waals surface area contributed by atoms with E-state index < -0.39 is 6.09 Å². The number of anilines is 2. The van der Waals surface area contributed by atoms with Gasteiger partial charge >= 0.3 is 12.1 Å². The maximum absolute atomic E-state index is 13.2. The van der Waals surface area contributed by atoms with Crippen LogP contribution in [0, 0.1) is 5.82 Å². The SMILES string of the molecule is COCCOC(=O)Nc1cccc(NC(=O)N(CCN(C)C)Cc2ccc(F)cc2)c1. The molecule has 0 radical (unpaired) electrons. The summed E-state index contributed by atoms with van der Waals surface area (Å²) in [5.41, 5.74) is 1.83. The van der Waals surface area contributed by atoms with Crippen LogP contribution in [-0.2, 0) is 16.0 Å². The van der Waals surface area contributed by atoms with Gasteiger partial charge in [0.2, 0.25) is 0 Å². The van der Waals surface area contributed by atoms with Crippen LogP contribution in [0.2, 0.25) is 0 Å². The monoisotopic (exact) mass is 432 g/mol. The number of amides is 3. The van der Waals surface area contributed by atoms with Crippen molar-refractivity contribution in [2.24, 2.45) is 0 Å². The highest BCUT2D eigenvalue weighted by Crippen LogP contribution is 2.17. The highest BCUT2D eigenvalue weighted by atomic mass is 19.1. The number of hydrogen-bond donors (Lipinski definition) is 2. The van der Waals surface area contributed by atoms with Gasteiger partial charge in [-0.1, -0.05) is 18.2 Å². The van der Waals surface area contributed by atoms with Crippen molar-refractivity contribution >= 4 is 23.5 Å². The molecule has 9 heteroatoms. The molecule has 2 aromatic carbocycles. The van der Waals surface area contributed by atoms with E-state index >= 15 is 0 Å². The number of urea groups is 1. The lowest BCUT2D eigenvalue weighted by atomic mass is 10.2. The molecule has 0 fully saturated rings. The summed E-state index contributed by atoms with van der Waals surface area (Å²) in [6.45, 7) is 1.94. The molecule has 0 bridgehead atoms. The zero-order valence-corrected chi connectivity index (χ0v) is 18.1. The fourth-order valence-corrected chi connectivity index (χ4v) is 2.63. The molecule has 0 heterocycles. The number of rotatable bonds is 10. The van der Waals surface area contributed by atoms with Crippen LogP contribution in [-0.4, -0.2) is 69.4 Å². The van der Waals surface area contributed by atoms with Crippen LogP contribution in [0.25, 0.3) is 0 Å². The van der Waals surface area contributed by atoms with Crippen molar-refractivity contribution in [3.05, 3.63) is 59.9 Å². The highest BCUT2D eigenvalue weighted by Gasteiger charge is 2.15. The van der Waals surface area contributed by atoms with Crippen molar-refractivity contribution in [1.29, 1.82) is 0 Å². The number of carbonyl (C=O) groups is 2. The number of ether oxygens (including phenoxy) is 2. The lowest BCUT2D eigenvalue weighted by Gasteiger charge is -2.25. The van der Waals surface area contributed by atoms with Gasteiger partial charge in [-0.15, -0.1) is 0 Å². The van der Waals surface area contributed by atoms with Crippen LogP contribution >= 0.6 is 0 Å². The Morgan fingerprint density at radius 3 is 2.29 bits per heavy atom. The zero-order chi connectivity index (χ0) is 22.6. The average Bonchev–Trinajstić information content (AvgIpc) is 2.72. The van der Waals surface area contributed by atoms with E-state index in [1.54, 1.807) is 41.3 Å². The van der Waals surface area contributed by atoms with Crippen molar-refractivity contribution in [2.45, 2.75) is 6.54 Å². The summed E-state index contributed by atoms with van der Waals surface area (Å²) >= 11 is 0.